The zero-order valence-electron chi connectivity index (χ0n) is 17.4. The van der Waals surface area contributed by atoms with Gasteiger partial charge >= 0.3 is 0 Å². The fraction of sp³-hybridized carbons (Fsp3) is 0.667. The van der Waals surface area contributed by atoms with Crippen LogP contribution >= 0.6 is 11.9 Å². The number of hydrogen-bond donors (Lipinski definition) is 1. The van der Waals surface area contributed by atoms with E-state index in [9.17, 15) is 0 Å². The van der Waals surface area contributed by atoms with Crippen LogP contribution < -0.4 is 5.43 Å². The molecule has 1 aromatic rings. The van der Waals surface area contributed by atoms with E-state index in [1.807, 2.05) is 11.9 Å². The van der Waals surface area contributed by atoms with Crippen LogP contribution in [0.1, 0.15) is 95.6 Å². The van der Waals surface area contributed by atoms with E-state index in [1.54, 1.807) is 0 Å². The number of nitrogens with zero attached hydrogens (tertiary/aromatic N) is 1. The monoisotopic (exact) mass is 386 g/mol. The Hall–Kier alpha value is -0.930. The minimum Gasteiger partial charge on any atom is -0.315 e. The minimum absolute atomic E-state index is 0.680. The summed E-state index contributed by atoms with van der Waals surface area (Å²) in [6, 6.07) is 9.92. The highest BCUT2D eigenvalue weighted by Crippen LogP contribution is 2.39. The summed E-state index contributed by atoms with van der Waals surface area (Å²) in [5, 5.41) is 0. The SMILES string of the molecule is CCCCCc1ccc(C2=CNN(C3CCC(CCCCC)CC3)S2)cc1. The lowest BCUT2D eigenvalue weighted by Gasteiger charge is -2.33. The molecule has 1 fully saturated rings. The molecule has 2 nitrogen and oxygen atoms in total. The van der Waals surface area contributed by atoms with Crippen molar-refractivity contribution in [2.24, 2.45) is 5.92 Å². The molecule has 1 N–H and O–H groups in total. The third-order valence-electron chi connectivity index (χ3n) is 6.19. The Morgan fingerprint density at radius 1 is 0.926 bits per heavy atom. The molecule has 0 unspecified atom stereocenters. The van der Waals surface area contributed by atoms with Gasteiger partial charge in [-0.15, -0.1) is 0 Å². The molecule has 1 heterocycles. The third kappa shape index (κ3) is 6.29. The molecule has 27 heavy (non-hydrogen) atoms. The van der Waals surface area contributed by atoms with Crippen molar-refractivity contribution in [3.05, 3.63) is 41.6 Å². The Morgan fingerprint density at radius 3 is 2.33 bits per heavy atom. The first kappa shape index (κ1) is 20.8. The molecule has 0 radical (unpaired) electrons. The second kappa shape index (κ2) is 11.2. The molecule has 3 heteroatoms. The van der Waals surface area contributed by atoms with Crippen LogP contribution in [0.4, 0.5) is 0 Å². The second-order valence-corrected chi connectivity index (χ2v) is 9.39. The van der Waals surface area contributed by atoms with Gasteiger partial charge in [0.25, 0.3) is 0 Å². The molecule has 0 spiro atoms. The zero-order chi connectivity index (χ0) is 18.9. The van der Waals surface area contributed by atoms with E-state index < -0.39 is 0 Å². The van der Waals surface area contributed by atoms with Crippen LogP contribution in [0.15, 0.2) is 30.5 Å². The maximum absolute atomic E-state index is 3.53. The normalized spacial score (nSPS) is 23.3. The van der Waals surface area contributed by atoms with E-state index >= 15 is 0 Å². The number of benzene rings is 1. The molecule has 0 saturated heterocycles. The zero-order valence-corrected chi connectivity index (χ0v) is 18.2. The molecule has 1 aliphatic heterocycles. The molecule has 0 amide bonds. The quantitative estimate of drug-likeness (QED) is 0.335. The minimum atomic E-state index is 0.680. The average molecular weight is 387 g/mol. The number of rotatable bonds is 10. The molecule has 0 aromatic heterocycles. The van der Waals surface area contributed by atoms with Crippen molar-refractivity contribution in [1.82, 2.24) is 9.84 Å². The number of unbranched alkanes of at least 4 members (excludes halogenated alkanes) is 4. The molecule has 3 rings (SSSR count). The fourth-order valence-electron chi connectivity index (χ4n) is 4.36. The lowest BCUT2D eigenvalue weighted by Crippen LogP contribution is -2.37. The van der Waals surface area contributed by atoms with E-state index in [0.29, 0.717) is 6.04 Å². The Balaban J connectivity index is 1.42. The summed E-state index contributed by atoms with van der Waals surface area (Å²) < 4.78 is 2.41. The van der Waals surface area contributed by atoms with Crippen LogP contribution in [-0.4, -0.2) is 10.5 Å². The van der Waals surface area contributed by atoms with Crippen molar-refractivity contribution in [1.29, 1.82) is 0 Å². The first-order chi connectivity index (χ1) is 13.3. The standard InChI is InChI=1S/C24H38N2S/c1-3-5-7-9-20-11-15-22(16-12-20)24-19-25-26(27-24)23-17-13-21(14-18-23)10-8-6-4-2/h11-12,15-16,19,21,23,25H,3-10,13-14,17-18H2,1-2H3. The van der Waals surface area contributed by atoms with Gasteiger partial charge in [0, 0.05) is 17.1 Å². The predicted molar refractivity (Wildman–Crippen MR) is 120 cm³/mol. The van der Waals surface area contributed by atoms with E-state index in [2.05, 4.69) is 54.2 Å². The maximum Gasteiger partial charge on any atom is 0.0491 e. The van der Waals surface area contributed by atoms with Crippen molar-refractivity contribution < 1.29 is 0 Å². The molecule has 0 bridgehead atoms. The predicted octanol–water partition coefficient (Wildman–Crippen LogP) is 7.33. The van der Waals surface area contributed by atoms with E-state index in [0.717, 1.165) is 5.92 Å². The topological polar surface area (TPSA) is 15.3 Å². The van der Waals surface area contributed by atoms with Gasteiger partial charge in [0.2, 0.25) is 0 Å². The van der Waals surface area contributed by atoms with Crippen molar-refractivity contribution in [2.75, 3.05) is 0 Å². The average Bonchev–Trinajstić information content (AvgIpc) is 3.20. The summed E-state index contributed by atoms with van der Waals surface area (Å²) in [5.41, 5.74) is 6.36. The van der Waals surface area contributed by atoms with E-state index in [-0.39, 0.29) is 0 Å². The highest BCUT2D eigenvalue weighted by Gasteiger charge is 2.29. The lowest BCUT2D eigenvalue weighted by atomic mass is 9.83. The van der Waals surface area contributed by atoms with Crippen molar-refractivity contribution >= 4 is 16.9 Å². The molecule has 1 aliphatic carbocycles. The number of aryl methyl sites for hydroxylation is 1. The van der Waals surface area contributed by atoms with Crippen molar-refractivity contribution in [2.45, 2.75) is 96.9 Å². The van der Waals surface area contributed by atoms with Gasteiger partial charge in [0.1, 0.15) is 0 Å². The van der Waals surface area contributed by atoms with Crippen LogP contribution in [0, 0.1) is 5.92 Å². The summed E-state index contributed by atoms with van der Waals surface area (Å²) in [7, 11) is 0. The molecule has 0 atom stereocenters. The molecular formula is C24H38N2S. The lowest BCUT2D eigenvalue weighted by molar-refractivity contribution is 0.199. The summed E-state index contributed by atoms with van der Waals surface area (Å²) in [6.45, 7) is 4.57. The van der Waals surface area contributed by atoms with Crippen molar-refractivity contribution in [3.8, 4) is 0 Å². The summed E-state index contributed by atoms with van der Waals surface area (Å²) >= 11 is 1.90. The summed E-state index contributed by atoms with van der Waals surface area (Å²) in [6.07, 6.45) is 18.5. The van der Waals surface area contributed by atoms with Gasteiger partial charge in [-0.25, -0.2) is 0 Å². The molecule has 150 valence electrons. The van der Waals surface area contributed by atoms with Crippen LogP contribution in [0.3, 0.4) is 0 Å². The number of nitrogens with one attached hydrogen (secondary N) is 1. The van der Waals surface area contributed by atoms with Crippen molar-refractivity contribution in [3.63, 3.8) is 0 Å². The van der Waals surface area contributed by atoms with Crippen LogP contribution in [0.25, 0.3) is 4.91 Å². The van der Waals surface area contributed by atoms with Gasteiger partial charge in [0.15, 0.2) is 0 Å². The van der Waals surface area contributed by atoms with E-state index in [4.69, 9.17) is 0 Å². The van der Waals surface area contributed by atoms with Gasteiger partial charge in [-0.1, -0.05) is 76.6 Å². The van der Waals surface area contributed by atoms with Crippen LogP contribution in [0.5, 0.6) is 0 Å². The van der Waals surface area contributed by atoms with Gasteiger partial charge < -0.3 is 5.43 Å². The second-order valence-electron chi connectivity index (χ2n) is 8.38. The molecule has 1 saturated carbocycles. The van der Waals surface area contributed by atoms with Gasteiger partial charge in [-0.2, -0.15) is 4.41 Å². The Morgan fingerprint density at radius 2 is 1.63 bits per heavy atom. The molecular weight excluding hydrogens is 348 g/mol. The van der Waals surface area contributed by atoms with Crippen LogP contribution in [0.2, 0.25) is 0 Å². The number of hydrazine groups is 1. The highest BCUT2D eigenvalue weighted by atomic mass is 32.2. The van der Waals surface area contributed by atoms with Gasteiger partial charge in [-0.3, -0.25) is 0 Å². The van der Waals surface area contributed by atoms with Gasteiger partial charge in [0.05, 0.1) is 0 Å². The highest BCUT2D eigenvalue weighted by molar-refractivity contribution is 8.06. The maximum atomic E-state index is 3.53. The summed E-state index contributed by atoms with van der Waals surface area (Å²) in [5.74, 6) is 0.980. The smallest absolute Gasteiger partial charge is 0.0491 e. The molecule has 1 aromatic carbocycles. The van der Waals surface area contributed by atoms with E-state index in [1.165, 1.54) is 93.1 Å². The molecule has 2 aliphatic rings. The fourth-order valence-corrected chi connectivity index (χ4v) is 5.39. The Kier molecular flexibility index (Phi) is 8.60. The Labute approximate surface area is 171 Å². The largest absolute Gasteiger partial charge is 0.315 e. The first-order valence-electron chi connectivity index (χ1n) is 11.3. The number of hydrogen-bond acceptors (Lipinski definition) is 3. The van der Waals surface area contributed by atoms with Gasteiger partial charge in [-0.05, 0) is 67.5 Å². The first-order valence-corrected chi connectivity index (χ1v) is 12.1. The Bertz CT molecular complexity index is 573. The van der Waals surface area contributed by atoms with Crippen LogP contribution in [-0.2, 0) is 6.42 Å². The third-order valence-corrected chi connectivity index (χ3v) is 7.34. The summed E-state index contributed by atoms with van der Waals surface area (Å²) in [4.78, 5) is 1.36.